The number of fused-ring (bicyclic) bond motifs is 3. The van der Waals surface area contributed by atoms with E-state index in [2.05, 4.69) is 53.9 Å². The van der Waals surface area contributed by atoms with Gasteiger partial charge in [0, 0.05) is 5.92 Å². The zero-order chi connectivity index (χ0) is 21.8. The van der Waals surface area contributed by atoms with Gasteiger partial charge in [0.25, 0.3) is 0 Å². The number of allylic oxidation sites excluding steroid dienone is 2. The van der Waals surface area contributed by atoms with Crippen LogP contribution in [-0.4, -0.2) is 19.8 Å². The van der Waals surface area contributed by atoms with E-state index in [-0.39, 0.29) is 6.04 Å². The molecule has 1 heterocycles. The molecule has 32 heavy (non-hydrogen) atoms. The summed E-state index contributed by atoms with van der Waals surface area (Å²) in [6, 6.07) is 24.9. The Morgan fingerprint density at radius 2 is 1.59 bits per heavy atom. The summed E-state index contributed by atoms with van der Waals surface area (Å²) in [4.78, 5) is 0. The van der Waals surface area contributed by atoms with Crippen LogP contribution in [0.1, 0.15) is 36.4 Å². The van der Waals surface area contributed by atoms with Crippen molar-refractivity contribution in [2.24, 2.45) is 5.92 Å². The fourth-order valence-electron chi connectivity index (χ4n) is 4.81. The first-order chi connectivity index (χ1) is 15.8. The first kappa shape index (κ1) is 20.5. The van der Waals surface area contributed by atoms with Crippen LogP contribution in [0.5, 0.6) is 17.2 Å². The molecule has 3 aromatic carbocycles. The summed E-state index contributed by atoms with van der Waals surface area (Å²) >= 11 is 0. The summed E-state index contributed by atoms with van der Waals surface area (Å²) in [7, 11) is 0. The topological polar surface area (TPSA) is 39.7 Å². The summed E-state index contributed by atoms with van der Waals surface area (Å²) in [5, 5.41) is 3.82. The standard InChI is InChI=1S/C28H29NO3/c1-2-30-22-16-14-20(15-17-22)27-24-11-6-10-23(24)25-12-7-13-26(28(25)29-27)32-19-18-31-21-8-4-3-5-9-21/h3-10,12-17,23-24,27,29H,2,11,18-19H2,1H3. The first-order valence-electron chi connectivity index (χ1n) is 11.4. The van der Waals surface area contributed by atoms with Gasteiger partial charge < -0.3 is 19.5 Å². The number of rotatable bonds is 8. The molecule has 1 aliphatic carbocycles. The van der Waals surface area contributed by atoms with Crippen molar-refractivity contribution >= 4 is 5.69 Å². The number of nitrogens with one attached hydrogen (secondary N) is 1. The summed E-state index contributed by atoms with van der Waals surface area (Å²) in [5.41, 5.74) is 3.69. The summed E-state index contributed by atoms with van der Waals surface area (Å²) in [6.07, 6.45) is 5.74. The van der Waals surface area contributed by atoms with Gasteiger partial charge in [0.05, 0.1) is 18.3 Å². The monoisotopic (exact) mass is 427 g/mol. The fourth-order valence-corrected chi connectivity index (χ4v) is 4.81. The lowest BCUT2D eigenvalue weighted by atomic mass is 9.77. The van der Waals surface area contributed by atoms with Gasteiger partial charge >= 0.3 is 0 Å². The van der Waals surface area contributed by atoms with Crippen molar-refractivity contribution in [2.45, 2.75) is 25.3 Å². The first-order valence-corrected chi connectivity index (χ1v) is 11.4. The second-order valence-corrected chi connectivity index (χ2v) is 8.21. The molecule has 4 nitrogen and oxygen atoms in total. The van der Waals surface area contributed by atoms with E-state index < -0.39 is 0 Å². The molecule has 2 aliphatic rings. The minimum Gasteiger partial charge on any atom is -0.494 e. The molecule has 0 saturated carbocycles. The van der Waals surface area contributed by atoms with Gasteiger partial charge in [-0.3, -0.25) is 0 Å². The van der Waals surface area contributed by atoms with Gasteiger partial charge in [0.2, 0.25) is 0 Å². The van der Waals surface area contributed by atoms with Gasteiger partial charge in [-0.2, -0.15) is 0 Å². The van der Waals surface area contributed by atoms with E-state index in [1.807, 2.05) is 43.3 Å². The highest BCUT2D eigenvalue weighted by molar-refractivity contribution is 5.67. The van der Waals surface area contributed by atoms with Gasteiger partial charge in [0.1, 0.15) is 30.5 Å². The van der Waals surface area contributed by atoms with Crippen molar-refractivity contribution in [3.63, 3.8) is 0 Å². The largest absolute Gasteiger partial charge is 0.494 e. The highest BCUT2D eigenvalue weighted by atomic mass is 16.5. The summed E-state index contributed by atoms with van der Waals surface area (Å²) < 4.78 is 17.6. The van der Waals surface area contributed by atoms with Crippen LogP contribution < -0.4 is 19.5 Å². The van der Waals surface area contributed by atoms with E-state index in [0.717, 1.165) is 29.4 Å². The van der Waals surface area contributed by atoms with Crippen molar-refractivity contribution in [3.05, 3.63) is 96.1 Å². The van der Waals surface area contributed by atoms with E-state index in [9.17, 15) is 0 Å². The molecule has 3 atom stereocenters. The van der Waals surface area contributed by atoms with Gasteiger partial charge in [-0.1, -0.05) is 54.6 Å². The van der Waals surface area contributed by atoms with Crippen LogP contribution >= 0.6 is 0 Å². The average molecular weight is 428 g/mol. The minimum absolute atomic E-state index is 0.225. The SMILES string of the molecule is CCOc1ccc(C2Nc3c(OCCOc4ccccc4)cccc3C3C=CCC32)cc1. The second-order valence-electron chi connectivity index (χ2n) is 8.21. The lowest BCUT2D eigenvalue weighted by molar-refractivity contribution is 0.217. The number of benzene rings is 3. The predicted octanol–water partition coefficient (Wildman–Crippen LogP) is 6.37. The Balaban J connectivity index is 1.34. The number of hydrogen-bond donors (Lipinski definition) is 1. The van der Waals surface area contributed by atoms with E-state index in [1.54, 1.807) is 0 Å². The predicted molar refractivity (Wildman–Crippen MR) is 128 cm³/mol. The Morgan fingerprint density at radius 1 is 0.812 bits per heavy atom. The van der Waals surface area contributed by atoms with Crippen molar-refractivity contribution in [1.82, 2.24) is 0 Å². The molecular weight excluding hydrogens is 398 g/mol. The van der Waals surface area contributed by atoms with Gasteiger partial charge in [-0.25, -0.2) is 0 Å². The van der Waals surface area contributed by atoms with Crippen LogP contribution in [0.2, 0.25) is 0 Å². The number of hydrogen-bond acceptors (Lipinski definition) is 4. The maximum Gasteiger partial charge on any atom is 0.142 e. The lowest BCUT2D eigenvalue weighted by Gasteiger charge is -2.38. The van der Waals surface area contributed by atoms with E-state index >= 15 is 0 Å². The average Bonchev–Trinajstić information content (AvgIpc) is 3.33. The molecule has 4 heteroatoms. The maximum absolute atomic E-state index is 6.18. The normalized spacial score (nSPS) is 20.7. The molecule has 164 valence electrons. The highest BCUT2D eigenvalue weighted by Gasteiger charge is 2.38. The quantitative estimate of drug-likeness (QED) is 0.335. The Kier molecular flexibility index (Phi) is 6.02. The molecular formula is C28H29NO3. The van der Waals surface area contributed by atoms with Crippen molar-refractivity contribution < 1.29 is 14.2 Å². The van der Waals surface area contributed by atoms with Crippen LogP contribution in [-0.2, 0) is 0 Å². The second kappa shape index (κ2) is 9.39. The lowest BCUT2D eigenvalue weighted by Crippen LogP contribution is -2.29. The summed E-state index contributed by atoms with van der Waals surface area (Å²) in [5.74, 6) is 3.55. The van der Waals surface area contributed by atoms with Crippen molar-refractivity contribution in [1.29, 1.82) is 0 Å². The number of anilines is 1. The molecule has 0 bridgehead atoms. The van der Waals surface area contributed by atoms with Crippen LogP contribution in [0, 0.1) is 5.92 Å². The zero-order valence-electron chi connectivity index (χ0n) is 18.4. The number of ether oxygens (including phenoxy) is 3. The maximum atomic E-state index is 6.18. The molecule has 0 amide bonds. The Labute approximate surface area is 189 Å². The summed E-state index contributed by atoms with van der Waals surface area (Å²) in [6.45, 7) is 3.68. The van der Waals surface area contributed by atoms with E-state index in [0.29, 0.717) is 31.7 Å². The Morgan fingerprint density at radius 3 is 2.41 bits per heavy atom. The highest BCUT2D eigenvalue weighted by Crippen LogP contribution is 2.52. The molecule has 3 unspecified atom stereocenters. The van der Waals surface area contributed by atoms with Gasteiger partial charge in [-0.15, -0.1) is 0 Å². The van der Waals surface area contributed by atoms with E-state index in [1.165, 1.54) is 11.1 Å². The fraction of sp³-hybridized carbons (Fsp3) is 0.286. The van der Waals surface area contributed by atoms with Crippen LogP contribution in [0.3, 0.4) is 0 Å². The molecule has 0 fully saturated rings. The third kappa shape index (κ3) is 4.18. The molecule has 5 rings (SSSR count). The van der Waals surface area contributed by atoms with Crippen LogP contribution in [0.15, 0.2) is 84.9 Å². The Hall–Kier alpha value is -3.40. The molecule has 1 N–H and O–H groups in total. The van der Waals surface area contributed by atoms with Gasteiger partial charge in [0.15, 0.2) is 0 Å². The molecule has 0 spiro atoms. The Bertz CT molecular complexity index is 1060. The number of para-hydroxylation sites is 2. The zero-order valence-corrected chi connectivity index (χ0v) is 18.4. The molecule has 0 saturated heterocycles. The smallest absolute Gasteiger partial charge is 0.142 e. The van der Waals surface area contributed by atoms with Crippen molar-refractivity contribution in [3.8, 4) is 17.2 Å². The molecule has 0 aromatic heterocycles. The third-order valence-electron chi connectivity index (χ3n) is 6.26. The molecule has 3 aromatic rings. The third-order valence-corrected chi connectivity index (χ3v) is 6.26. The van der Waals surface area contributed by atoms with Crippen molar-refractivity contribution in [2.75, 3.05) is 25.1 Å². The van der Waals surface area contributed by atoms with Gasteiger partial charge in [-0.05, 0) is 60.7 Å². The molecule has 0 radical (unpaired) electrons. The van der Waals surface area contributed by atoms with Crippen LogP contribution in [0.25, 0.3) is 0 Å². The molecule has 1 aliphatic heterocycles. The minimum atomic E-state index is 0.225. The van der Waals surface area contributed by atoms with Crippen LogP contribution in [0.4, 0.5) is 5.69 Å². The van der Waals surface area contributed by atoms with E-state index in [4.69, 9.17) is 14.2 Å².